The first-order valence-electron chi connectivity index (χ1n) is 6.59. The van der Waals surface area contributed by atoms with E-state index >= 15 is 0 Å². The number of para-hydroxylation sites is 2. The van der Waals surface area contributed by atoms with Crippen molar-refractivity contribution in [1.29, 1.82) is 5.26 Å². The van der Waals surface area contributed by atoms with Crippen LogP contribution in [0.4, 0.5) is 0 Å². The van der Waals surface area contributed by atoms with Gasteiger partial charge in [0.15, 0.2) is 11.5 Å². The number of piperazine rings is 1. The zero-order valence-corrected chi connectivity index (χ0v) is 10.7. The summed E-state index contributed by atoms with van der Waals surface area (Å²) < 4.78 is 11.6. The quantitative estimate of drug-likeness (QED) is 0.844. The van der Waals surface area contributed by atoms with Crippen LogP contribution in [0.25, 0.3) is 0 Å². The maximum Gasteiger partial charge on any atom is 0.161 e. The van der Waals surface area contributed by atoms with Gasteiger partial charge in [0.05, 0.1) is 6.07 Å². The topological polar surface area (TPSA) is 57.5 Å². The summed E-state index contributed by atoms with van der Waals surface area (Å²) in [6.07, 6.45) is -0.0103. The summed E-state index contributed by atoms with van der Waals surface area (Å²) in [6, 6.07) is 9.96. The molecule has 5 heteroatoms. The minimum Gasteiger partial charge on any atom is -0.486 e. The zero-order chi connectivity index (χ0) is 13.1. The van der Waals surface area contributed by atoms with Crippen molar-refractivity contribution in [2.75, 3.05) is 32.8 Å². The molecular weight excluding hydrogens is 242 g/mol. The van der Waals surface area contributed by atoms with Crippen LogP contribution in [0.15, 0.2) is 24.3 Å². The third-order valence-corrected chi connectivity index (χ3v) is 3.51. The standard InChI is InChI=1S/C14H17N3O2/c15-7-11-8-16-5-6-17(11)9-12-10-18-13-3-1-2-4-14(13)19-12/h1-4,11-12,16H,5-6,8-10H2. The largest absolute Gasteiger partial charge is 0.486 e. The first-order valence-corrected chi connectivity index (χ1v) is 6.59. The van der Waals surface area contributed by atoms with Crippen LogP contribution in [-0.4, -0.2) is 49.8 Å². The average Bonchev–Trinajstić information content (AvgIpc) is 2.48. The molecule has 2 unspecified atom stereocenters. The molecule has 0 aliphatic carbocycles. The van der Waals surface area contributed by atoms with Gasteiger partial charge >= 0.3 is 0 Å². The summed E-state index contributed by atoms with van der Waals surface area (Å²) in [5.41, 5.74) is 0. The van der Waals surface area contributed by atoms with E-state index in [1.807, 2.05) is 24.3 Å². The molecule has 1 N–H and O–H groups in total. The lowest BCUT2D eigenvalue weighted by molar-refractivity contribution is 0.0468. The minimum atomic E-state index is -0.0745. The molecule has 0 aromatic heterocycles. The Balaban J connectivity index is 1.64. The van der Waals surface area contributed by atoms with Crippen molar-refractivity contribution >= 4 is 0 Å². The summed E-state index contributed by atoms with van der Waals surface area (Å²) in [5, 5.41) is 12.4. The normalized spacial score (nSPS) is 26.7. The molecule has 1 aromatic carbocycles. The highest BCUT2D eigenvalue weighted by atomic mass is 16.6. The van der Waals surface area contributed by atoms with Crippen molar-refractivity contribution < 1.29 is 9.47 Å². The van der Waals surface area contributed by atoms with E-state index in [4.69, 9.17) is 14.7 Å². The molecule has 0 amide bonds. The fourth-order valence-electron chi connectivity index (χ4n) is 2.51. The predicted octanol–water partition coefficient (Wildman–Crippen LogP) is 0.624. The molecule has 1 saturated heterocycles. The highest BCUT2D eigenvalue weighted by Crippen LogP contribution is 2.31. The van der Waals surface area contributed by atoms with Crippen LogP contribution < -0.4 is 14.8 Å². The van der Waals surface area contributed by atoms with Crippen LogP contribution in [0.5, 0.6) is 11.5 Å². The van der Waals surface area contributed by atoms with E-state index in [9.17, 15) is 0 Å². The molecule has 2 heterocycles. The Bertz CT molecular complexity index is 486. The van der Waals surface area contributed by atoms with Crippen molar-refractivity contribution in [3.05, 3.63) is 24.3 Å². The summed E-state index contributed by atoms with van der Waals surface area (Å²) in [5.74, 6) is 1.60. The maximum absolute atomic E-state index is 9.14. The number of benzene rings is 1. The molecule has 1 aromatic rings. The van der Waals surface area contributed by atoms with Gasteiger partial charge in [-0.2, -0.15) is 5.26 Å². The van der Waals surface area contributed by atoms with E-state index < -0.39 is 0 Å². The van der Waals surface area contributed by atoms with Gasteiger partial charge in [0.1, 0.15) is 18.8 Å². The summed E-state index contributed by atoms with van der Waals surface area (Å²) in [7, 11) is 0. The van der Waals surface area contributed by atoms with Gasteiger partial charge in [-0.05, 0) is 12.1 Å². The van der Waals surface area contributed by atoms with E-state index in [1.54, 1.807) is 0 Å². The van der Waals surface area contributed by atoms with E-state index in [2.05, 4.69) is 16.3 Å². The van der Waals surface area contributed by atoms with Gasteiger partial charge in [-0.1, -0.05) is 12.1 Å². The number of hydrogen-bond acceptors (Lipinski definition) is 5. The van der Waals surface area contributed by atoms with Gasteiger partial charge in [0.2, 0.25) is 0 Å². The van der Waals surface area contributed by atoms with Gasteiger partial charge in [-0.25, -0.2) is 0 Å². The van der Waals surface area contributed by atoms with E-state index in [0.717, 1.165) is 37.7 Å². The van der Waals surface area contributed by atoms with Crippen LogP contribution in [0.3, 0.4) is 0 Å². The summed E-state index contributed by atoms with van der Waals surface area (Å²) in [6.45, 7) is 3.79. The number of nitrogens with zero attached hydrogens (tertiary/aromatic N) is 2. The number of fused-ring (bicyclic) bond motifs is 1. The van der Waals surface area contributed by atoms with Gasteiger partial charge in [0.25, 0.3) is 0 Å². The second-order valence-corrected chi connectivity index (χ2v) is 4.84. The van der Waals surface area contributed by atoms with Gasteiger partial charge < -0.3 is 14.8 Å². The molecule has 0 saturated carbocycles. The molecule has 0 radical (unpaired) electrons. The second kappa shape index (κ2) is 5.47. The Morgan fingerprint density at radius 2 is 2.21 bits per heavy atom. The van der Waals surface area contributed by atoms with Gasteiger partial charge in [0, 0.05) is 26.2 Å². The first-order chi connectivity index (χ1) is 9.36. The van der Waals surface area contributed by atoms with Crippen molar-refractivity contribution in [1.82, 2.24) is 10.2 Å². The molecule has 0 bridgehead atoms. The highest BCUT2D eigenvalue weighted by Gasteiger charge is 2.28. The minimum absolute atomic E-state index is 0.0103. The third kappa shape index (κ3) is 2.65. The molecule has 1 fully saturated rings. The van der Waals surface area contributed by atoms with E-state index in [1.165, 1.54) is 0 Å². The number of rotatable bonds is 2. The summed E-state index contributed by atoms with van der Waals surface area (Å²) in [4.78, 5) is 2.17. The number of ether oxygens (including phenoxy) is 2. The van der Waals surface area contributed by atoms with Crippen molar-refractivity contribution in [3.8, 4) is 17.6 Å². The molecule has 100 valence electrons. The molecule has 2 atom stereocenters. The van der Waals surface area contributed by atoms with Crippen LogP contribution in [0.2, 0.25) is 0 Å². The Morgan fingerprint density at radius 3 is 3.05 bits per heavy atom. The fraction of sp³-hybridized carbons (Fsp3) is 0.500. The fourth-order valence-corrected chi connectivity index (χ4v) is 2.51. The zero-order valence-electron chi connectivity index (χ0n) is 10.7. The Kier molecular flexibility index (Phi) is 3.53. The average molecular weight is 259 g/mol. The van der Waals surface area contributed by atoms with Gasteiger partial charge in [-0.15, -0.1) is 0 Å². The Labute approximate surface area is 112 Å². The number of nitriles is 1. The number of hydrogen-bond donors (Lipinski definition) is 1. The molecule has 2 aliphatic rings. The predicted molar refractivity (Wildman–Crippen MR) is 70.2 cm³/mol. The maximum atomic E-state index is 9.14. The lowest BCUT2D eigenvalue weighted by Gasteiger charge is -2.36. The van der Waals surface area contributed by atoms with Crippen molar-refractivity contribution in [3.63, 3.8) is 0 Å². The Morgan fingerprint density at radius 1 is 1.37 bits per heavy atom. The molecule has 5 nitrogen and oxygen atoms in total. The van der Waals surface area contributed by atoms with Crippen LogP contribution in [0.1, 0.15) is 0 Å². The smallest absolute Gasteiger partial charge is 0.161 e. The summed E-state index contributed by atoms with van der Waals surface area (Å²) >= 11 is 0. The van der Waals surface area contributed by atoms with E-state index in [-0.39, 0.29) is 12.1 Å². The second-order valence-electron chi connectivity index (χ2n) is 4.84. The lowest BCUT2D eigenvalue weighted by atomic mass is 10.2. The molecule has 2 aliphatic heterocycles. The first kappa shape index (κ1) is 12.3. The van der Waals surface area contributed by atoms with Crippen molar-refractivity contribution in [2.24, 2.45) is 0 Å². The van der Waals surface area contributed by atoms with Gasteiger partial charge in [-0.3, -0.25) is 4.90 Å². The van der Waals surface area contributed by atoms with Crippen molar-refractivity contribution in [2.45, 2.75) is 12.1 Å². The molecule has 0 spiro atoms. The lowest BCUT2D eigenvalue weighted by Crippen LogP contribution is -2.54. The van der Waals surface area contributed by atoms with Crippen LogP contribution in [-0.2, 0) is 0 Å². The monoisotopic (exact) mass is 259 g/mol. The van der Waals surface area contributed by atoms with Crippen LogP contribution in [0, 0.1) is 11.3 Å². The molecular formula is C14H17N3O2. The molecule has 3 rings (SSSR count). The Hall–Kier alpha value is -1.77. The highest BCUT2D eigenvalue weighted by molar-refractivity contribution is 5.40. The molecule has 19 heavy (non-hydrogen) atoms. The number of nitrogens with one attached hydrogen (secondary N) is 1. The SMILES string of the molecule is N#CC1CNCCN1CC1COc2ccccc2O1. The third-order valence-electron chi connectivity index (χ3n) is 3.51. The van der Waals surface area contributed by atoms with E-state index in [0.29, 0.717) is 6.61 Å². The van der Waals surface area contributed by atoms with Crippen LogP contribution >= 0.6 is 0 Å².